The number of nitrogens with zero attached hydrogens (tertiary/aromatic N) is 3. The lowest BCUT2D eigenvalue weighted by atomic mass is 10.2. The molecule has 1 aromatic heterocycles. The number of amides is 1. The van der Waals surface area contributed by atoms with E-state index in [0.29, 0.717) is 40.4 Å². The minimum atomic E-state index is -3.74. The first-order valence-electron chi connectivity index (χ1n) is 9.06. The Bertz CT molecular complexity index is 1210. The molecule has 0 atom stereocenters. The lowest BCUT2D eigenvalue weighted by molar-refractivity contribution is -0.114. The van der Waals surface area contributed by atoms with Crippen LogP contribution in [0.1, 0.15) is 0 Å². The molecule has 3 aromatic rings. The molecule has 1 amide bonds. The van der Waals surface area contributed by atoms with Gasteiger partial charge in [0.25, 0.3) is 0 Å². The molecule has 162 valence electrons. The molecule has 2 heterocycles. The maximum atomic E-state index is 12.6. The Morgan fingerprint density at radius 3 is 2.55 bits per heavy atom. The van der Waals surface area contributed by atoms with Crippen LogP contribution in [0.15, 0.2) is 42.5 Å². The number of sulfonamides is 1. The number of hydrogen-bond acceptors (Lipinski definition) is 8. The highest BCUT2D eigenvalue weighted by molar-refractivity contribution is 7.92. The molecule has 2 aromatic carbocycles. The highest BCUT2D eigenvalue weighted by atomic mass is 35.5. The molecule has 0 radical (unpaired) electrons. The number of ether oxygens (including phenoxy) is 2. The Kier molecular flexibility index (Phi) is 5.99. The van der Waals surface area contributed by atoms with Gasteiger partial charge in [0.1, 0.15) is 24.8 Å². The Balaban J connectivity index is 1.49. The van der Waals surface area contributed by atoms with E-state index in [2.05, 4.69) is 15.5 Å². The molecular weight excluding hydrogens is 464 g/mol. The first-order valence-corrected chi connectivity index (χ1v) is 12.1. The van der Waals surface area contributed by atoms with E-state index >= 15 is 0 Å². The second kappa shape index (κ2) is 8.69. The van der Waals surface area contributed by atoms with Crippen LogP contribution in [-0.2, 0) is 14.8 Å². The number of benzene rings is 2. The smallest absolute Gasteiger partial charge is 0.246 e. The van der Waals surface area contributed by atoms with Gasteiger partial charge in [0.15, 0.2) is 11.5 Å². The molecule has 0 fully saturated rings. The van der Waals surface area contributed by atoms with E-state index in [4.69, 9.17) is 21.1 Å². The number of nitrogens with one attached hydrogen (secondary N) is 1. The third-order valence-corrected chi connectivity index (χ3v) is 6.54. The first-order chi connectivity index (χ1) is 14.8. The van der Waals surface area contributed by atoms with Gasteiger partial charge in [-0.1, -0.05) is 35.1 Å². The van der Waals surface area contributed by atoms with Crippen molar-refractivity contribution in [2.75, 3.05) is 35.6 Å². The number of anilines is 2. The van der Waals surface area contributed by atoms with Gasteiger partial charge in [-0.05, 0) is 24.3 Å². The Morgan fingerprint density at radius 2 is 1.84 bits per heavy atom. The van der Waals surface area contributed by atoms with Gasteiger partial charge >= 0.3 is 0 Å². The van der Waals surface area contributed by atoms with E-state index in [-0.39, 0.29) is 5.13 Å². The van der Waals surface area contributed by atoms with Crippen molar-refractivity contribution in [2.24, 2.45) is 0 Å². The predicted molar refractivity (Wildman–Crippen MR) is 119 cm³/mol. The molecule has 9 nitrogen and oxygen atoms in total. The van der Waals surface area contributed by atoms with Gasteiger partial charge in [-0.15, -0.1) is 10.2 Å². The SMILES string of the molecule is CS(=O)(=O)N(CC(=O)Nc1nnc(-c2ccc(Cl)cc2)s1)c1ccc2c(c1)OCCO2. The number of carbonyl (C=O) groups excluding carboxylic acids is 1. The summed E-state index contributed by atoms with van der Waals surface area (Å²) >= 11 is 7.06. The zero-order valence-corrected chi connectivity index (χ0v) is 18.6. The minimum absolute atomic E-state index is 0.255. The summed E-state index contributed by atoms with van der Waals surface area (Å²) in [5.74, 6) is 0.394. The first kappa shape index (κ1) is 21.3. The number of halogens is 1. The molecule has 0 bridgehead atoms. The fraction of sp³-hybridized carbons (Fsp3) is 0.211. The van der Waals surface area contributed by atoms with Crippen LogP contribution in [-0.4, -0.2) is 50.5 Å². The fourth-order valence-electron chi connectivity index (χ4n) is 2.86. The van der Waals surface area contributed by atoms with Crippen molar-refractivity contribution in [1.82, 2.24) is 10.2 Å². The van der Waals surface area contributed by atoms with Crippen molar-refractivity contribution >= 4 is 49.7 Å². The van der Waals surface area contributed by atoms with Gasteiger partial charge in [-0.3, -0.25) is 14.4 Å². The minimum Gasteiger partial charge on any atom is -0.486 e. The topological polar surface area (TPSA) is 111 Å². The third-order valence-electron chi connectivity index (χ3n) is 4.26. The van der Waals surface area contributed by atoms with Gasteiger partial charge in [0.2, 0.25) is 21.1 Å². The standard InChI is InChI=1S/C19H17ClN4O5S2/c1-31(26,27)24(14-6-7-15-16(10-14)29-9-8-28-15)11-17(25)21-19-23-22-18(30-19)12-2-4-13(20)5-3-12/h2-7,10H,8-9,11H2,1H3,(H,21,23,25). The average molecular weight is 481 g/mol. The van der Waals surface area contributed by atoms with E-state index in [1.54, 1.807) is 36.4 Å². The second-order valence-corrected chi connectivity index (χ2v) is 9.89. The van der Waals surface area contributed by atoms with Gasteiger partial charge in [0, 0.05) is 16.7 Å². The number of carbonyl (C=O) groups is 1. The molecule has 0 aliphatic carbocycles. The quantitative estimate of drug-likeness (QED) is 0.577. The summed E-state index contributed by atoms with van der Waals surface area (Å²) in [4.78, 5) is 12.6. The predicted octanol–water partition coefficient (Wildman–Crippen LogP) is 3.03. The van der Waals surface area contributed by atoms with Crippen molar-refractivity contribution in [3.63, 3.8) is 0 Å². The molecule has 31 heavy (non-hydrogen) atoms. The van der Waals surface area contributed by atoms with Crippen molar-refractivity contribution in [3.8, 4) is 22.1 Å². The highest BCUT2D eigenvalue weighted by Crippen LogP contribution is 2.34. The van der Waals surface area contributed by atoms with E-state index in [9.17, 15) is 13.2 Å². The molecule has 1 aliphatic heterocycles. The normalized spacial score (nSPS) is 13.0. The lowest BCUT2D eigenvalue weighted by Crippen LogP contribution is -2.37. The van der Waals surface area contributed by atoms with Crippen LogP contribution in [0.5, 0.6) is 11.5 Å². The molecule has 12 heteroatoms. The molecule has 1 aliphatic rings. The Morgan fingerprint density at radius 1 is 1.13 bits per heavy atom. The zero-order chi connectivity index (χ0) is 22.0. The van der Waals surface area contributed by atoms with E-state index in [1.807, 2.05) is 0 Å². The molecule has 1 N–H and O–H groups in total. The Labute approximate surface area is 187 Å². The monoisotopic (exact) mass is 480 g/mol. The van der Waals surface area contributed by atoms with Crippen LogP contribution < -0.4 is 19.1 Å². The summed E-state index contributed by atoms with van der Waals surface area (Å²) in [7, 11) is -3.74. The summed E-state index contributed by atoms with van der Waals surface area (Å²) in [5, 5.41) is 12.1. The molecule has 0 saturated heterocycles. The van der Waals surface area contributed by atoms with Crippen LogP contribution in [0.2, 0.25) is 5.02 Å². The fourth-order valence-corrected chi connectivity index (χ4v) is 4.60. The summed E-state index contributed by atoms with van der Waals surface area (Å²) < 4.78 is 36.6. The van der Waals surface area contributed by atoms with Gasteiger partial charge < -0.3 is 9.47 Å². The molecular formula is C19H17ClN4O5S2. The van der Waals surface area contributed by atoms with Gasteiger partial charge in [0.05, 0.1) is 11.9 Å². The molecule has 0 spiro atoms. The maximum Gasteiger partial charge on any atom is 0.246 e. The van der Waals surface area contributed by atoms with Crippen LogP contribution in [0.25, 0.3) is 10.6 Å². The van der Waals surface area contributed by atoms with E-state index in [0.717, 1.165) is 16.1 Å². The number of aromatic nitrogens is 2. The molecule has 0 saturated carbocycles. The van der Waals surface area contributed by atoms with E-state index in [1.165, 1.54) is 17.4 Å². The summed E-state index contributed by atoms with van der Waals surface area (Å²) in [5.41, 5.74) is 1.09. The van der Waals surface area contributed by atoms with Crippen molar-refractivity contribution in [2.45, 2.75) is 0 Å². The molecule has 4 rings (SSSR count). The van der Waals surface area contributed by atoms with Crippen LogP contribution in [0.4, 0.5) is 10.8 Å². The Hall–Kier alpha value is -2.89. The summed E-state index contributed by atoms with van der Waals surface area (Å²) in [6.45, 7) is 0.349. The molecule has 0 unspecified atom stereocenters. The third kappa shape index (κ3) is 5.06. The largest absolute Gasteiger partial charge is 0.486 e. The van der Waals surface area contributed by atoms with Gasteiger partial charge in [-0.2, -0.15) is 0 Å². The average Bonchev–Trinajstić information content (AvgIpc) is 3.19. The summed E-state index contributed by atoms with van der Waals surface area (Å²) in [6, 6.07) is 11.8. The number of hydrogen-bond donors (Lipinski definition) is 1. The van der Waals surface area contributed by atoms with E-state index < -0.39 is 22.5 Å². The van der Waals surface area contributed by atoms with Crippen molar-refractivity contribution in [1.29, 1.82) is 0 Å². The maximum absolute atomic E-state index is 12.6. The van der Waals surface area contributed by atoms with Crippen molar-refractivity contribution in [3.05, 3.63) is 47.5 Å². The highest BCUT2D eigenvalue weighted by Gasteiger charge is 2.24. The summed E-state index contributed by atoms with van der Waals surface area (Å²) in [6.07, 6.45) is 1.03. The van der Waals surface area contributed by atoms with Crippen LogP contribution in [0.3, 0.4) is 0 Å². The number of fused-ring (bicyclic) bond motifs is 1. The second-order valence-electron chi connectivity index (χ2n) is 6.57. The lowest BCUT2D eigenvalue weighted by Gasteiger charge is -2.24. The van der Waals surface area contributed by atoms with Crippen LogP contribution >= 0.6 is 22.9 Å². The van der Waals surface area contributed by atoms with Gasteiger partial charge in [-0.25, -0.2) is 8.42 Å². The number of rotatable bonds is 6. The van der Waals surface area contributed by atoms with Crippen LogP contribution in [0, 0.1) is 0 Å². The zero-order valence-electron chi connectivity index (χ0n) is 16.2. The van der Waals surface area contributed by atoms with Crippen molar-refractivity contribution < 1.29 is 22.7 Å².